The molecule has 4 heteroatoms. The lowest BCUT2D eigenvalue weighted by atomic mass is 10.1. The molecule has 0 fully saturated rings. The summed E-state index contributed by atoms with van der Waals surface area (Å²) in [7, 11) is 1.97. The Hall–Kier alpha value is -1.42. The Kier molecular flexibility index (Phi) is 4.63. The van der Waals surface area contributed by atoms with E-state index < -0.39 is 11.8 Å². The van der Waals surface area contributed by atoms with E-state index in [1.54, 1.807) is 6.07 Å². The first-order valence-corrected chi connectivity index (χ1v) is 5.67. The lowest BCUT2D eigenvalue weighted by Gasteiger charge is -2.23. The van der Waals surface area contributed by atoms with Crippen molar-refractivity contribution < 1.29 is 14.3 Å². The minimum Gasteiger partial charge on any atom is -0.478 e. The molecule has 0 heterocycles. The molecule has 0 aliphatic carbocycles. The molecule has 0 aromatic heterocycles. The molecule has 0 saturated carbocycles. The first kappa shape index (κ1) is 13.6. The number of benzene rings is 1. The highest BCUT2D eigenvalue weighted by Gasteiger charge is 2.13. The molecule has 1 unspecified atom stereocenters. The van der Waals surface area contributed by atoms with Crippen molar-refractivity contribution in [3.63, 3.8) is 0 Å². The zero-order chi connectivity index (χ0) is 13.0. The van der Waals surface area contributed by atoms with Crippen LogP contribution in [0.5, 0.6) is 0 Å². The van der Waals surface area contributed by atoms with Crippen molar-refractivity contribution in [2.24, 2.45) is 0 Å². The number of carbonyl (C=O) groups is 1. The smallest absolute Gasteiger partial charge is 0.338 e. The normalized spacial score (nSPS) is 12.8. The van der Waals surface area contributed by atoms with E-state index in [2.05, 4.69) is 18.7 Å². The molecule has 0 amide bonds. The summed E-state index contributed by atoms with van der Waals surface area (Å²) in [6, 6.07) is 4.65. The highest BCUT2D eigenvalue weighted by molar-refractivity contribution is 5.88. The predicted octanol–water partition coefficient (Wildman–Crippen LogP) is 2.75. The van der Waals surface area contributed by atoms with Gasteiger partial charge in [-0.25, -0.2) is 9.18 Å². The second-order valence-corrected chi connectivity index (χ2v) is 4.29. The van der Waals surface area contributed by atoms with Crippen molar-refractivity contribution in [1.82, 2.24) is 4.90 Å². The van der Waals surface area contributed by atoms with Crippen LogP contribution in [0, 0.1) is 5.82 Å². The Balaban J connectivity index is 2.86. The molecule has 1 atom stereocenters. The van der Waals surface area contributed by atoms with Crippen molar-refractivity contribution in [2.75, 3.05) is 7.05 Å². The Labute approximate surface area is 101 Å². The van der Waals surface area contributed by atoms with Gasteiger partial charge < -0.3 is 5.11 Å². The molecule has 17 heavy (non-hydrogen) atoms. The number of carboxylic acid groups (broad SMARTS) is 1. The summed E-state index contributed by atoms with van der Waals surface area (Å²) in [5.74, 6) is -1.91. The molecule has 1 aromatic rings. The van der Waals surface area contributed by atoms with Gasteiger partial charge in [0.2, 0.25) is 0 Å². The van der Waals surface area contributed by atoms with E-state index in [9.17, 15) is 9.18 Å². The number of hydrogen-bond donors (Lipinski definition) is 1. The maximum absolute atomic E-state index is 13.2. The second-order valence-electron chi connectivity index (χ2n) is 4.29. The van der Waals surface area contributed by atoms with Crippen LogP contribution < -0.4 is 0 Å². The van der Waals surface area contributed by atoms with E-state index in [1.165, 1.54) is 12.1 Å². The minimum absolute atomic E-state index is 0.264. The average molecular weight is 239 g/mol. The Morgan fingerprint density at radius 1 is 1.53 bits per heavy atom. The van der Waals surface area contributed by atoms with Crippen LogP contribution in [0.15, 0.2) is 18.2 Å². The van der Waals surface area contributed by atoms with Gasteiger partial charge in [-0.15, -0.1) is 0 Å². The molecule has 1 aromatic carbocycles. The molecular weight excluding hydrogens is 221 g/mol. The van der Waals surface area contributed by atoms with Gasteiger partial charge in [0, 0.05) is 12.6 Å². The molecule has 0 saturated heterocycles. The third-order valence-electron chi connectivity index (χ3n) is 3.04. The zero-order valence-electron chi connectivity index (χ0n) is 10.4. The quantitative estimate of drug-likeness (QED) is 0.859. The summed E-state index contributed by atoms with van der Waals surface area (Å²) in [6.45, 7) is 4.81. The number of aromatic carboxylic acids is 1. The first-order chi connectivity index (χ1) is 7.95. The Morgan fingerprint density at radius 2 is 2.18 bits per heavy atom. The molecule has 1 N–H and O–H groups in total. The highest BCUT2D eigenvalue weighted by atomic mass is 19.1. The summed E-state index contributed by atoms with van der Waals surface area (Å²) < 4.78 is 13.2. The monoisotopic (exact) mass is 239 g/mol. The Morgan fingerprint density at radius 3 is 2.71 bits per heavy atom. The maximum Gasteiger partial charge on any atom is 0.338 e. The van der Waals surface area contributed by atoms with Gasteiger partial charge in [0.05, 0.1) is 5.56 Å². The van der Waals surface area contributed by atoms with Crippen molar-refractivity contribution in [1.29, 1.82) is 0 Å². The fraction of sp³-hybridized carbons (Fsp3) is 0.462. The summed E-state index contributed by atoms with van der Waals surface area (Å²) in [6.07, 6.45) is 1.02. The molecule has 0 radical (unpaired) electrons. The van der Waals surface area contributed by atoms with E-state index in [4.69, 9.17) is 5.11 Å². The molecule has 0 aliphatic rings. The number of nitrogens with zero attached hydrogens (tertiary/aromatic N) is 1. The fourth-order valence-electron chi connectivity index (χ4n) is 1.59. The first-order valence-electron chi connectivity index (χ1n) is 5.67. The third kappa shape index (κ3) is 3.53. The van der Waals surface area contributed by atoms with Crippen molar-refractivity contribution in [3.8, 4) is 0 Å². The van der Waals surface area contributed by atoms with Crippen LogP contribution in [0.25, 0.3) is 0 Å². The van der Waals surface area contributed by atoms with Crippen LogP contribution in [0.2, 0.25) is 0 Å². The van der Waals surface area contributed by atoms with Crippen LogP contribution in [-0.2, 0) is 6.54 Å². The molecule has 94 valence electrons. The van der Waals surface area contributed by atoms with Crippen LogP contribution in [0.3, 0.4) is 0 Å². The Bertz CT molecular complexity index is 406. The van der Waals surface area contributed by atoms with Gasteiger partial charge in [0.1, 0.15) is 5.82 Å². The van der Waals surface area contributed by atoms with E-state index in [0.717, 1.165) is 12.0 Å². The lowest BCUT2D eigenvalue weighted by molar-refractivity contribution is 0.0691. The van der Waals surface area contributed by atoms with Crippen LogP contribution in [0.4, 0.5) is 4.39 Å². The van der Waals surface area contributed by atoms with Gasteiger partial charge in [0.25, 0.3) is 0 Å². The number of hydrogen-bond acceptors (Lipinski definition) is 2. The van der Waals surface area contributed by atoms with Gasteiger partial charge in [0.15, 0.2) is 0 Å². The van der Waals surface area contributed by atoms with Crippen molar-refractivity contribution >= 4 is 5.97 Å². The highest BCUT2D eigenvalue weighted by Crippen LogP contribution is 2.13. The van der Waals surface area contributed by atoms with Crippen molar-refractivity contribution in [2.45, 2.75) is 32.9 Å². The number of halogens is 1. The number of rotatable bonds is 5. The maximum atomic E-state index is 13.2. The van der Waals surface area contributed by atoms with Crippen LogP contribution in [-0.4, -0.2) is 29.1 Å². The number of carboxylic acids is 1. The molecule has 3 nitrogen and oxygen atoms in total. The van der Waals surface area contributed by atoms with Crippen LogP contribution in [0.1, 0.15) is 36.2 Å². The van der Waals surface area contributed by atoms with Gasteiger partial charge in [-0.2, -0.15) is 0 Å². The van der Waals surface area contributed by atoms with E-state index in [1.807, 2.05) is 7.05 Å². The molecular formula is C13H18FNO2. The standard InChI is InChI=1S/C13H18FNO2/c1-4-9(2)15(3)8-10-5-6-12(14)11(7-10)13(16)17/h5-7,9H,4,8H2,1-3H3,(H,16,17). The van der Waals surface area contributed by atoms with Gasteiger partial charge in [-0.3, -0.25) is 4.90 Å². The second kappa shape index (κ2) is 5.77. The largest absolute Gasteiger partial charge is 0.478 e. The van der Waals surface area contributed by atoms with E-state index >= 15 is 0 Å². The fourth-order valence-corrected chi connectivity index (χ4v) is 1.59. The summed E-state index contributed by atoms with van der Waals surface area (Å²) in [5, 5.41) is 8.83. The summed E-state index contributed by atoms with van der Waals surface area (Å²) in [4.78, 5) is 12.9. The third-order valence-corrected chi connectivity index (χ3v) is 3.04. The van der Waals surface area contributed by atoms with Gasteiger partial charge >= 0.3 is 5.97 Å². The van der Waals surface area contributed by atoms with Gasteiger partial charge in [-0.1, -0.05) is 13.0 Å². The average Bonchev–Trinajstić information content (AvgIpc) is 2.30. The minimum atomic E-state index is -1.23. The predicted molar refractivity (Wildman–Crippen MR) is 64.6 cm³/mol. The molecule has 0 aliphatic heterocycles. The molecule has 1 rings (SSSR count). The van der Waals surface area contributed by atoms with E-state index in [-0.39, 0.29) is 5.56 Å². The SMILES string of the molecule is CCC(C)N(C)Cc1ccc(F)c(C(=O)O)c1. The molecule has 0 spiro atoms. The summed E-state index contributed by atoms with van der Waals surface area (Å²) >= 11 is 0. The van der Waals surface area contributed by atoms with Gasteiger partial charge in [-0.05, 0) is 38.1 Å². The zero-order valence-corrected chi connectivity index (χ0v) is 10.4. The summed E-state index contributed by atoms with van der Waals surface area (Å²) in [5.41, 5.74) is 0.548. The van der Waals surface area contributed by atoms with E-state index in [0.29, 0.717) is 12.6 Å². The lowest BCUT2D eigenvalue weighted by Crippen LogP contribution is -2.27. The van der Waals surface area contributed by atoms with Crippen molar-refractivity contribution in [3.05, 3.63) is 35.1 Å². The van der Waals surface area contributed by atoms with Crippen LogP contribution >= 0.6 is 0 Å². The molecule has 0 bridgehead atoms. The topological polar surface area (TPSA) is 40.5 Å².